The van der Waals surface area contributed by atoms with Crippen LogP contribution in [0.15, 0.2) is 42.5 Å². The van der Waals surface area contributed by atoms with Crippen LogP contribution < -0.4 is 0 Å². The fourth-order valence-electron chi connectivity index (χ4n) is 2.69. The SMILES string of the molecule is Cc1cc(Cl)cc2c(-c3ccccc3)c(COC=O)c(Cl)nc12. The van der Waals surface area contributed by atoms with Gasteiger partial charge in [0, 0.05) is 21.5 Å². The summed E-state index contributed by atoms with van der Waals surface area (Å²) < 4.78 is 4.93. The van der Waals surface area contributed by atoms with Crippen LogP contribution in [-0.4, -0.2) is 11.5 Å². The molecule has 0 aliphatic carbocycles. The van der Waals surface area contributed by atoms with Gasteiger partial charge in [0.05, 0.1) is 5.52 Å². The van der Waals surface area contributed by atoms with Gasteiger partial charge in [0.1, 0.15) is 11.8 Å². The molecule has 0 saturated heterocycles. The van der Waals surface area contributed by atoms with Gasteiger partial charge < -0.3 is 4.74 Å². The lowest BCUT2D eigenvalue weighted by Crippen LogP contribution is -2.00. The van der Waals surface area contributed by atoms with E-state index in [1.807, 2.05) is 49.4 Å². The molecule has 3 rings (SSSR count). The van der Waals surface area contributed by atoms with Crippen molar-refractivity contribution in [3.63, 3.8) is 0 Å². The summed E-state index contributed by atoms with van der Waals surface area (Å²) in [6, 6.07) is 13.5. The van der Waals surface area contributed by atoms with Gasteiger partial charge in [0.25, 0.3) is 6.47 Å². The second kappa shape index (κ2) is 6.57. The zero-order valence-electron chi connectivity index (χ0n) is 12.3. The Kier molecular flexibility index (Phi) is 4.51. The van der Waals surface area contributed by atoms with Crippen molar-refractivity contribution in [3.05, 3.63) is 63.8 Å². The molecule has 0 aliphatic rings. The topological polar surface area (TPSA) is 39.2 Å². The number of fused-ring (bicyclic) bond motifs is 1. The van der Waals surface area contributed by atoms with Gasteiger partial charge in [-0.05, 0) is 30.2 Å². The van der Waals surface area contributed by atoms with Crippen molar-refractivity contribution >= 4 is 40.6 Å². The molecular formula is C18H13Cl2NO2. The first kappa shape index (κ1) is 15.8. The highest BCUT2D eigenvalue weighted by atomic mass is 35.5. The van der Waals surface area contributed by atoms with Crippen molar-refractivity contribution in [1.82, 2.24) is 4.98 Å². The number of aromatic nitrogens is 1. The predicted octanol–water partition coefficient (Wildman–Crippen LogP) is 5.19. The first-order valence-electron chi connectivity index (χ1n) is 7.00. The number of benzene rings is 2. The average molecular weight is 346 g/mol. The van der Waals surface area contributed by atoms with Gasteiger partial charge in [-0.3, -0.25) is 4.79 Å². The number of pyridine rings is 1. The second-order valence-corrected chi connectivity index (χ2v) is 5.94. The first-order valence-corrected chi connectivity index (χ1v) is 7.76. The van der Waals surface area contributed by atoms with Crippen molar-refractivity contribution in [1.29, 1.82) is 0 Å². The summed E-state index contributed by atoms with van der Waals surface area (Å²) in [5, 5.41) is 1.83. The zero-order chi connectivity index (χ0) is 16.4. The molecule has 3 nitrogen and oxygen atoms in total. The molecule has 0 aliphatic heterocycles. The number of nitrogens with zero attached hydrogens (tertiary/aromatic N) is 1. The van der Waals surface area contributed by atoms with Gasteiger partial charge in [-0.2, -0.15) is 0 Å². The van der Waals surface area contributed by atoms with Gasteiger partial charge in [-0.25, -0.2) is 4.98 Å². The van der Waals surface area contributed by atoms with E-state index in [2.05, 4.69) is 4.98 Å². The minimum Gasteiger partial charge on any atom is -0.463 e. The molecule has 0 spiro atoms. The Bertz CT molecular complexity index is 879. The van der Waals surface area contributed by atoms with Gasteiger partial charge >= 0.3 is 0 Å². The molecular weight excluding hydrogens is 333 g/mol. The molecule has 2 aromatic carbocycles. The van der Waals surface area contributed by atoms with E-state index < -0.39 is 0 Å². The molecule has 23 heavy (non-hydrogen) atoms. The van der Waals surface area contributed by atoms with Crippen molar-refractivity contribution in [2.45, 2.75) is 13.5 Å². The largest absolute Gasteiger partial charge is 0.463 e. The Morgan fingerprint density at radius 3 is 2.61 bits per heavy atom. The van der Waals surface area contributed by atoms with E-state index in [0.29, 0.717) is 22.2 Å². The van der Waals surface area contributed by atoms with Gasteiger partial charge in [0.15, 0.2) is 0 Å². The van der Waals surface area contributed by atoms with Crippen molar-refractivity contribution in [3.8, 4) is 11.1 Å². The maximum Gasteiger partial charge on any atom is 0.293 e. The molecule has 1 heterocycles. The van der Waals surface area contributed by atoms with Crippen LogP contribution in [0.25, 0.3) is 22.0 Å². The van der Waals surface area contributed by atoms with Crippen LogP contribution in [0.5, 0.6) is 0 Å². The molecule has 0 atom stereocenters. The molecule has 0 unspecified atom stereocenters. The van der Waals surface area contributed by atoms with E-state index in [1.165, 1.54) is 0 Å². The molecule has 0 fully saturated rings. The van der Waals surface area contributed by atoms with Crippen LogP contribution >= 0.6 is 23.2 Å². The van der Waals surface area contributed by atoms with E-state index in [0.717, 1.165) is 27.6 Å². The summed E-state index contributed by atoms with van der Waals surface area (Å²) in [7, 11) is 0. The quantitative estimate of drug-likeness (QED) is 0.482. The minimum atomic E-state index is 0.0566. The average Bonchev–Trinajstić information content (AvgIpc) is 2.54. The van der Waals surface area contributed by atoms with E-state index in [1.54, 1.807) is 0 Å². The first-order chi connectivity index (χ1) is 11.1. The van der Waals surface area contributed by atoms with Crippen LogP contribution in [0.4, 0.5) is 0 Å². The van der Waals surface area contributed by atoms with E-state index in [9.17, 15) is 4.79 Å². The summed E-state index contributed by atoms with van der Waals surface area (Å²) >= 11 is 12.6. The smallest absolute Gasteiger partial charge is 0.293 e. The Hall–Kier alpha value is -2.10. The highest BCUT2D eigenvalue weighted by Gasteiger charge is 2.17. The van der Waals surface area contributed by atoms with Gasteiger partial charge in [0.2, 0.25) is 0 Å². The number of carbonyl (C=O) groups is 1. The fraction of sp³-hybridized carbons (Fsp3) is 0.111. The number of aryl methyl sites for hydroxylation is 1. The van der Waals surface area contributed by atoms with Gasteiger partial charge in [-0.15, -0.1) is 0 Å². The van der Waals surface area contributed by atoms with Crippen molar-refractivity contribution in [2.75, 3.05) is 0 Å². The predicted molar refractivity (Wildman–Crippen MR) is 92.8 cm³/mol. The Morgan fingerprint density at radius 1 is 1.17 bits per heavy atom. The minimum absolute atomic E-state index is 0.0566. The van der Waals surface area contributed by atoms with Crippen molar-refractivity contribution in [2.24, 2.45) is 0 Å². The summed E-state index contributed by atoms with van der Waals surface area (Å²) in [6.07, 6.45) is 0. The molecule has 0 radical (unpaired) electrons. The zero-order valence-corrected chi connectivity index (χ0v) is 13.9. The third-order valence-electron chi connectivity index (χ3n) is 3.65. The standard InChI is InChI=1S/C18H13Cl2NO2/c1-11-7-13(19)8-14-16(12-5-3-2-4-6-12)15(9-23-10-22)18(20)21-17(11)14/h2-8,10H,9H2,1H3. The Morgan fingerprint density at radius 2 is 1.91 bits per heavy atom. The van der Waals surface area contributed by atoms with Crippen LogP contribution in [0, 0.1) is 6.92 Å². The third kappa shape index (κ3) is 3.03. The third-order valence-corrected chi connectivity index (χ3v) is 4.18. The Balaban J connectivity index is 2.41. The number of hydrogen-bond acceptors (Lipinski definition) is 3. The highest BCUT2D eigenvalue weighted by Crippen LogP contribution is 2.37. The number of rotatable bonds is 4. The van der Waals surface area contributed by atoms with Crippen molar-refractivity contribution < 1.29 is 9.53 Å². The number of halogens is 2. The lowest BCUT2D eigenvalue weighted by atomic mass is 9.95. The van der Waals surface area contributed by atoms with Gasteiger partial charge in [-0.1, -0.05) is 53.5 Å². The molecule has 0 N–H and O–H groups in total. The Labute approximate surface area is 143 Å². The summed E-state index contributed by atoms with van der Waals surface area (Å²) in [6.45, 7) is 2.40. The van der Waals surface area contributed by atoms with E-state index in [-0.39, 0.29) is 6.61 Å². The molecule has 1 aromatic heterocycles. The van der Waals surface area contributed by atoms with Crippen LogP contribution in [0.1, 0.15) is 11.1 Å². The number of hydrogen-bond donors (Lipinski definition) is 0. The molecule has 3 aromatic rings. The maximum absolute atomic E-state index is 10.6. The number of ether oxygens (including phenoxy) is 1. The molecule has 0 saturated carbocycles. The molecule has 116 valence electrons. The molecule has 0 amide bonds. The molecule has 0 bridgehead atoms. The van der Waals surface area contributed by atoms with E-state index in [4.69, 9.17) is 27.9 Å². The second-order valence-electron chi connectivity index (χ2n) is 5.15. The summed E-state index contributed by atoms with van der Waals surface area (Å²) in [4.78, 5) is 15.1. The summed E-state index contributed by atoms with van der Waals surface area (Å²) in [5.41, 5.74) is 4.24. The number of carbonyl (C=O) groups excluding carboxylic acids is 1. The van der Waals surface area contributed by atoms with E-state index >= 15 is 0 Å². The summed E-state index contributed by atoms with van der Waals surface area (Å²) in [5.74, 6) is 0. The normalized spacial score (nSPS) is 10.7. The molecule has 5 heteroatoms. The highest BCUT2D eigenvalue weighted by molar-refractivity contribution is 6.33. The maximum atomic E-state index is 10.6. The van der Waals surface area contributed by atoms with Crippen LogP contribution in [0.2, 0.25) is 10.2 Å². The fourth-order valence-corrected chi connectivity index (χ4v) is 3.20. The lowest BCUT2D eigenvalue weighted by molar-refractivity contribution is -0.129. The van der Waals surface area contributed by atoms with Crippen LogP contribution in [-0.2, 0) is 16.1 Å². The van der Waals surface area contributed by atoms with Crippen LogP contribution in [0.3, 0.4) is 0 Å². The monoisotopic (exact) mass is 345 g/mol. The lowest BCUT2D eigenvalue weighted by Gasteiger charge is -2.15.